The van der Waals surface area contributed by atoms with Crippen molar-refractivity contribution in [3.8, 4) is 22.3 Å². The van der Waals surface area contributed by atoms with E-state index in [2.05, 4.69) is 146 Å². The molecule has 42 heavy (non-hydrogen) atoms. The van der Waals surface area contributed by atoms with E-state index in [1.165, 1.54) is 97.7 Å². The van der Waals surface area contributed by atoms with Crippen molar-refractivity contribution in [3.63, 3.8) is 0 Å². The number of hydrogen-bond donors (Lipinski definition) is 0. The lowest BCUT2D eigenvalue weighted by Crippen LogP contribution is -1.89. The minimum atomic E-state index is 1.26. The Morgan fingerprint density at radius 2 is 0.548 bits per heavy atom. The molecule has 10 rings (SSSR count). The molecule has 0 heteroatoms. The van der Waals surface area contributed by atoms with E-state index in [1.54, 1.807) is 0 Å². The molecule has 10 aromatic carbocycles. The summed E-state index contributed by atoms with van der Waals surface area (Å²) in [4.78, 5) is 0. The predicted molar refractivity (Wildman–Crippen MR) is 182 cm³/mol. The fourth-order valence-corrected chi connectivity index (χ4v) is 7.62. The van der Waals surface area contributed by atoms with Gasteiger partial charge in [-0.25, -0.2) is 0 Å². The topological polar surface area (TPSA) is 0 Å². The molecular weight excluding hydrogens is 504 g/mol. The highest BCUT2D eigenvalue weighted by Gasteiger charge is 2.15. The normalized spacial score (nSPS) is 12.3. The Kier molecular flexibility index (Phi) is 4.27. The summed E-state index contributed by atoms with van der Waals surface area (Å²) in [7, 11) is 0. The van der Waals surface area contributed by atoms with Gasteiger partial charge in [0.05, 0.1) is 0 Å². The highest BCUT2D eigenvalue weighted by Crippen LogP contribution is 2.42. The van der Waals surface area contributed by atoms with Gasteiger partial charge in [-0.2, -0.15) is 0 Å². The van der Waals surface area contributed by atoms with E-state index >= 15 is 0 Å². The monoisotopic (exact) mass is 528 g/mol. The number of hydrogen-bond acceptors (Lipinski definition) is 0. The van der Waals surface area contributed by atoms with E-state index in [1.807, 2.05) is 0 Å². The third-order valence-electron chi connectivity index (χ3n) is 9.47. The summed E-state index contributed by atoms with van der Waals surface area (Å²) in [6.45, 7) is 0. The molecule has 0 heterocycles. The van der Waals surface area contributed by atoms with E-state index in [9.17, 15) is 0 Å². The summed E-state index contributed by atoms with van der Waals surface area (Å²) < 4.78 is 0. The molecule has 0 nitrogen and oxygen atoms in total. The summed E-state index contributed by atoms with van der Waals surface area (Å²) in [5.41, 5.74) is 5.08. The quantitative estimate of drug-likeness (QED) is 0.196. The van der Waals surface area contributed by atoms with Crippen LogP contribution < -0.4 is 0 Å². The van der Waals surface area contributed by atoms with Gasteiger partial charge in [-0.1, -0.05) is 121 Å². The van der Waals surface area contributed by atoms with E-state index < -0.39 is 0 Å². The van der Waals surface area contributed by atoms with Gasteiger partial charge in [0.25, 0.3) is 0 Å². The first kappa shape index (κ1) is 22.3. The highest BCUT2D eigenvalue weighted by atomic mass is 14.2. The minimum absolute atomic E-state index is 1.26. The molecule has 0 amide bonds. The van der Waals surface area contributed by atoms with Crippen LogP contribution in [0, 0.1) is 0 Å². The Morgan fingerprint density at radius 1 is 0.238 bits per heavy atom. The molecule has 0 fully saturated rings. The predicted octanol–water partition coefficient (Wildman–Crippen LogP) is 12.0. The van der Waals surface area contributed by atoms with Crippen molar-refractivity contribution < 1.29 is 0 Å². The largest absolute Gasteiger partial charge is 0.0616 e. The van der Waals surface area contributed by atoms with Crippen molar-refractivity contribution in [2.24, 2.45) is 0 Å². The molecular formula is C42H24. The van der Waals surface area contributed by atoms with Crippen molar-refractivity contribution in [2.45, 2.75) is 0 Å². The van der Waals surface area contributed by atoms with Crippen LogP contribution in [0.3, 0.4) is 0 Å². The molecule has 0 aliphatic rings. The van der Waals surface area contributed by atoms with Crippen LogP contribution in [0.4, 0.5) is 0 Å². The maximum Gasteiger partial charge on any atom is -0.00264 e. The molecule has 0 aliphatic heterocycles. The zero-order chi connectivity index (χ0) is 27.4. The lowest BCUT2D eigenvalue weighted by Gasteiger charge is -2.16. The molecule has 0 saturated heterocycles. The second-order valence-corrected chi connectivity index (χ2v) is 11.7. The van der Waals surface area contributed by atoms with Crippen LogP contribution in [0.2, 0.25) is 0 Å². The minimum Gasteiger partial charge on any atom is -0.0616 e. The smallest absolute Gasteiger partial charge is 0.00264 e. The second-order valence-electron chi connectivity index (χ2n) is 11.7. The van der Waals surface area contributed by atoms with Gasteiger partial charge < -0.3 is 0 Å². The van der Waals surface area contributed by atoms with Gasteiger partial charge >= 0.3 is 0 Å². The molecule has 10 aromatic rings. The molecule has 0 radical (unpaired) electrons. The maximum atomic E-state index is 2.38. The maximum absolute atomic E-state index is 2.38. The average molecular weight is 529 g/mol. The average Bonchev–Trinajstić information content (AvgIpc) is 3.05. The molecule has 0 spiro atoms. The first-order chi connectivity index (χ1) is 20.8. The fourth-order valence-electron chi connectivity index (χ4n) is 7.62. The van der Waals surface area contributed by atoms with E-state index in [4.69, 9.17) is 0 Å². The molecule has 0 aliphatic carbocycles. The van der Waals surface area contributed by atoms with Crippen molar-refractivity contribution in [1.29, 1.82) is 0 Å². The van der Waals surface area contributed by atoms with Gasteiger partial charge in [0.2, 0.25) is 0 Å². The van der Waals surface area contributed by atoms with E-state index in [0.717, 1.165) is 0 Å². The van der Waals surface area contributed by atoms with Crippen molar-refractivity contribution >= 4 is 75.4 Å². The first-order valence-corrected chi connectivity index (χ1v) is 14.7. The SMILES string of the molecule is c1cc2ccc3cc(-c4ccc(-c5cc6ccc7cccc8ccc(c5)c6c78)c5ccccc45)cc4ccc(c1)c2c34. The lowest BCUT2D eigenvalue weighted by molar-refractivity contribution is 1.67. The van der Waals surface area contributed by atoms with Crippen molar-refractivity contribution in [2.75, 3.05) is 0 Å². The Bertz CT molecular complexity index is 2360. The molecule has 0 aromatic heterocycles. The van der Waals surface area contributed by atoms with Crippen LogP contribution in [0.15, 0.2) is 146 Å². The van der Waals surface area contributed by atoms with Crippen molar-refractivity contribution in [3.05, 3.63) is 146 Å². The Hall–Kier alpha value is -5.46. The molecule has 0 atom stereocenters. The number of benzene rings is 10. The first-order valence-electron chi connectivity index (χ1n) is 14.7. The fraction of sp³-hybridized carbons (Fsp3) is 0. The van der Waals surface area contributed by atoms with Gasteiger partial charge in [0, 0.05) is 0 Å². The van der Waals surface area contributed by atoms with Gasteiger partial charge in [0.15, 0.2) is 0 Å². The zero-order valence-corrected chi connectivity index (χ0v) is 22.9. The zero-order valence-electron chi connectivity index (χ0n) is 22.9. The summed E-state index contributed by atoms with van der Waals surface area (Å²) in [5.74, 6) is 0. The van der Waals surface area contributed by atoms with Gasteiger partial charge in [-0.15, -0.1) is 0 Å². The van der Waals surface area contributed by atoms with Gasteiger partial charge in [0.1, 0.15) is 0 Å². The second kappa shape index (κ2) is 8.06. The summed E-state index contributed by atoms with van der Waals surface area (Å²) >= 11 is 0. The lowest BCUT2D eigenvalue weighted by atomic mass is 9.87. The molecule has 192 valence electrons. The van der Waals surface area contributed by atoms with Crippen molar-refractivity contribution in [1.82, 2.24) is 0 Å². The summed E-state index contributed by atoms with van der Waals surface area (Å²) in [6.07, 6.45) is 0. The van der Waals surface area contributed by atoms with Crippen LogP contribution in [-0.4, -0.2) is 0 Å². The van der Waals surface area contributed by atoms with Gasteiger partial charge in [-0.05, 0) is 122 Å². The van der Waals surface area contributed by atoms with Gasteiger partial charge in [-0.3, -0.25) is 0 Å². The molecule has 0 saturated carbocycles. The molecule has 0 N–H and O–H groups in total. The van der Waals surface area contributed by atoms with E-state index in [-0.39, 0.29) is 0 Å². The van der Waals surface area contributed by atoms with Crippen LogP contribution in [0.5, 0.6) is 0 Å². The molecule has 0 unspecified atom stereocenters. The van der Waals surface area contributed by atoms with Crippen LogP contribution in [0.1, 0.15) is 0 Å². The number of fused-ring (bicyclic) bond motifs is 1. The Balaban J connectivity index is 1.21. The number of rotatable bonds is 2. The summed E-state index contributed by atoms with van der Waals surface area (Å²) in [6, 6.07) is 54.5. The van der Waals surface area contributed by atoms with E-state index in [0.29, 0.717) is 0 Å². The van der Waals surface area contributed by atoms with Crippen LogP contribution >= 0.6 is 0 Å². The summed E-state index contributed by atoms with van der Waals surface area (Å²) in [5, 5.41) is 18.5. The Labute approximate surface area is 242 Å². The standard InChI is InChI=1S/C42H24/c1-2-10-38-36(34-23-31-17-13-27-7-4-8-28-14-18-32(24-34)42(31)40(27)28)20-19-35(37(38)9-1)33-21-29-15-11-25-5-3-6-26-12-16-30(22-33)41(29)39(25)26/h1-24H. The van der Waals surface area contributed by atoms with Crippen LogP contribution in [0.25, 0.3) is 97.7 Å². The third-order valence-corrected chi connectivity index (χ3v) is 9.47. The highest BCUT2D eigenvalue weighted by molar-refractivity contribution is 6.25. The van der Waals surface area contributed by atoms with Crippen LogP contribution in [-0.2, 0) is 0 Å². The third kappa shape index (κ3) is 2.96. The Morgan fingerprint density at radius 3 is 0.905 bits per heavy atom. The molecule has 0 bridgehead atoms.